The van der Waals surface area contributed by atoms with E-state index in [1.807, 2.05) is 24.3 Å². The Hall–Kier alpha value is -3.70. The first-order valence-corrected chi connectivity index (χ1v) is 13.3. The number of carbonyl (C=O) groups is 2. The molecule has 0 bridgehead atoms. The summed E-state index contributed by atoms with van der Waals surface area (Å²) in [5.74, 6) is -6.46. The van der Waals surface area contributed by atoms with Gasteiger partial charge in [0.15, 0.2) is 5.60 Å². The number of likely N-dealkylation sites (N-methyl/N-ethyl adjacent to an activating group) is 1. The Morgan fingerprint density at radius 3 is 2.60 bits per heavy atom. The molecule has 5 atom stereocenters. The Bertz CT molecular complexity index is 1530. The van der Waals surface area contributed by atoms with Crippen LogP contribution in [0.25, 0.3) is 16.9 Å². The molecule has 1 aliphatic heterocycles. The summed E-state index contributed by atoms with van der Waals surface area (Å²) in [7, 11) is 3.37. The van der Waals surface area contributed by atoms with Gasteiger partial charge in [0.2, 0.25) is 11.6 Å². The number of hydrogen-bond donors (Lipinski definition) is 6. The number of phenols is 1. The number of nitrogens with zero attached hydrogens (tertiary/aromatic N) is 1. The van der Waals surface area contributed by atoms with Gasteiger partial charge in [0.05, 0.1) is 11.6 Å². The molecule has 0 radical (unpaired) electrons. The van der Waals surface area contributed by atoms with Crippen molar-refractivity contribution in [1.29, 1.82) is 0 Å². The van der Waals surface area contributed by atoms with Crippen molar-refractivity contribution in [2.75, 3.05) is 20.7 Å². The SMILES string of the molecule is CN(C)[C@@H]1C(O)=C(C(N)=O)C2(O)O[C@@]23C(=O)C2=C(O)c4c(O)ccc(-c5cccc(CCCO)c5)c4C[C@H]2C[C@@H]13. The van der Waals surface area contributed by atoms with Crippen molar-refractivity contribution in [1.82, 2.24) is 4.90 Å². The molecule has 6 rings (SSSR count). The number of fused-ring (bicyclic) bond motifs is 2. The second-order valence-corrected chi connectivity index (χ2v) is 11.4. The molecule has 0 aromatic heterocycles. The summed E-state index contributed by atoms with van der Waals surface area (Å²) in [6.07, 6.45) is 1.87. The van der Waals surface area contributed by atoms with Gasteiger partial charge in [-0.2, -0.15) is 0 Å². The van der Waals surface area contributed by atoms with Crippen molar-refractivity contribution in [3.05, 3.63) is 70.0 Å². The number of rotatable bonds is 6. The zero-order valence-electron chi connectivity index (χ0n) is 22.2. The fraction of sp³-hybridized carbons (Fsp3) is 0.400. The zero-order chi connectivity index (χ0) is 28.7. The van der Waals surface area contributed by atoms with Gasteiger partial charge in [0, 0.05) is 18.1 Å². The maximum Gasteiger partial charge on any atom is 0.253 e. The van der Waals surface area contributed by atoms with Crippen molar-refractivity contribution >= 4 is 17.4 Å². The predicted molar refractivity (Wildman–Crippen MR) is 144 cm³/mol. The molecule has 10 nitrogen and oxygen atoms in total. The lowest BCUT2D eigenvalue weighted by Gasteiger charge is -2.46. The second kappa shape index (κ2) is 8.90. The van der Waals surface area contributed by atoms with E-state index in [0.717, 1.165) is 16.7 Å². The Morgan fingerprint density at radius 2 is 1.93 bits per heavy atom. The number of benzene rings is 2. The number of aromatic hydroxyl groups is 1. The summed E-state index contributed by atoms with van der Waals surface area (Å²) in [5.41, 5.74) is 6.59. The van der Waals surface area contributed by atoms with E-state index in [2.05, 4.69) is 0 Å². The van der Waals surface area contributed by atoms with Crippen LogP contribution in [-0.4, -0.2) is 80.3 Å². The van der Waals surface area contributed by atoms with Crippen molar-refractivity contribution < 1.29 is 39.9 Å². The van der Waals surface area contributed by atoms with Crippen LogP contribution in [0.15, 0.2) is 53.3 Å². The molecule has 2 aromatic rings. The maximum absolute atomic E-state index is 14.2. The summed E-state index contributed by atoms with van der Waals surface area (Å²) in [6.45, 7) is 0.0805. The van der Waals surface area contributed by atoms with Crippen LogP contribution in [0.3, 0.4) is 0 Å². The number of epoxide rings is 1. The van der Waals surface area contributed by atoms with E-state index in [-0.39, 0.29) is 29.9 Å². The molecule has 40 heavy (non-hydrogen) atoms. The summed E-state index contributed by atoms with van der Waals surface area (Å²) >= 11 is 0. The first-order valence-electron chi connectivity index (χ1n) is 13.3. The zero-order valence-corrected chi connectivity index (χ0v) is 22.2. The van der Waals surface area contributed by atoms with E-state index in [1.54, 1.807) is 25.1 Å². The van der Waals surface area contributed by atoms with Crippen molar-refractivity contribution in [3.63, 3.8) is 0 Å². The normalized spacial score (nSPS) is 30.5. The molecule has 1 saturated heterocycles. The number of carbonyl (C=O) groups excluding carboxylic acids is 2. The van der Waals surface area contributed by atoms with E-state index in [0.29, 0.717) is 24.8 Å². The van der Waals surface area contributed by atoms with Gasteiger partial charge >= 0.3 is 0 Å². The quantitative estimate of drug-likeness (QED) is 0.293. The molecule has 1 spiro atoms. The first-order chi connectivity index (χ1) is 19.0. The maximum atomic E-state index is 14.2. The molecule has 210 valence electrons. The molecule has 2 aromatic carbocycles. The summed E-state index contributed by atoms with van der Waals surface area (Å²) in [4.78, 5) is 28.1. The van der Waals surface area contributed by atoms with E-state index < -0.39 is 58.0 Å². The number of phenolic OH excluding ortho intramolecular Hbond substituents is 1. The van der Waals surface area contributed by atoms with Crippen LogP contribution in [0, 0.1) is 11.8 Å². The third kappa shape index (κ3) is 3.37. The molecular weight excluding hydrogens is 516 g/mol. The molecular formula is C30H32N2O8. The van der Waals surface area contributed by atoms with Crippen molar-refractivity contribution in [3.8, 4) is 16.9 Å². The first kappa shape index (κ1) is 26.5. The molecule has 3 aliphatic carbocycles. The number of primary amides is 1. The summed E-state index contributed by atoms with van der Waals surface area (Å²) in [6, 6.07) is 10.2. The fourth-order valence-corrected chi connectivity index (χ4v) is 7.30. The Balaban J connectivity index is 1.50. The van der Waals surface area contributed by atoms with Crippen molar-refractivity contribution in [2.24, 2.45) is 17.6 Å². The molecule has 1 amide bonds. The van der Waals surface area contributed by atoms with Crippen molar-refractivity contribution in [2.45, 2.75) is 43.1 Å². The van der Waals surface area contributed by atoms with Crippen LogP contribution in [0.4, 0.5) is 0 Å². The van der Waals surface area contributed by atoms with Gasteiger partial charge in [-0.1, -0.05) is 30.3 Å². The van der Waals surface area contributed by atoms with E-state index in [4.69, 9.17) is 10.5 Å². The summed E-state index contributed by atoms with van der Waals surface area (Å²) < 4.78 is 5.68. The molecule has 2 fully saturated rings. The van der Waals surface area contributed by atoms with Crippen LogP contribution in [-0.2, 0) is 27.2 Å². The number of ether oxygens (including phenoxy) is 1. The van der Waals surface area contributed by atoms with E-state index in [1.165, 1.54) is 6.07 Å². The predicted octanol–water partition coefficient (Wildman–Crippen LogP) is 1.71. The lowest BCUT2D eigenvalue weighted by atomic mass is 9.58. The highest BCUT2D eigenvalue weighted by Gasteiger charge is 2.85. The minimum absolute atomic E-state index is 0.0199. The van der Waals surface area contributed by atoms with Crippen LogP contribution in [0.1, 0.15) is 29.5 Å². The number of hydrogen-bond acceptors (Lipinski definition) is 9. The smallest absolute Gasteiger partial charge is 0.253 e. The Morgan fingerprint density at radius 1 is 1.18 bits per heavy atom. The van der Waals surface area contributed by atoms with Gasteiger partial charge < -0.3 is 36.0 Å². The number of Topliss-reactive ketones (excluding diaryl/α,β-unsaturated/α-hetero) is 1. The monoisotopic (exact) mass is 548 g/mol. The molecule has 4 aliphatic rings. The summed E-state index contributed by atoms with van der Waals surface area (Å²) in [5, 5.41) is 54.0. The topological polar surface area (TPSA) is 177 Å². The second-order valence-electron chi connectivity index (χ2n) is 11.4. The van der Waals surface area contributed by atoms with Gasteiger partial charge in [-0.15, -0.1) is 0 Å². The lowest BCUT2D eigenvalue weighted by Crippen LogP contribution is -2.60. The number of nitrogens with two attached hydrogens (primary N) is 1. The number of amides is 1. The van der Waals surface area contributed by atoms with Crippen LogP contribution >= 0.6 is 0 Å². The van der Waals surface area contributed by atoms with Gasteiger partial charge in [-0.3, -0.25) is 14.5 Å². The minimum Gasteiger partial charge on any atom is -0.510 e. The van der Waals surface area contributed by atoms with E-state index in [9.17, 15) is 35.1 Å². The third-order valence-electron chi connectivity index (χ3n) is 8.98. The molecule has 1 heterocycles. The number of aryl methyl sites for hydroxylation is 1. The third-order valence-corrected chi connectivity index (χ3v) is 8.98. The Labute approximate surface area is 230 Å². The Kier molecular flexibility index (Phi) is 5.90. The highest BCUT2D eigenvalue weighted by atomic mass is 16.8. The van der Waals surface area contributed by atoms with Crippen LogP contribution in [0.5, 0.6) is 5.75 Å². The number of aliphatic hydroxyl groups excluding tert-OH is 3. The lowest BCUT2D eigenvalue weighted by molar-refractivity contribution is -0.127. The average molecular weight is 549 g/mol. The molecule has 7 N–H and O–H groups in total. The number of aliphatic hydroxyl groups is 4. The molecule has 10 heteroatoms. The average Bonchev–Trinajstić information content (AvgIpc) is 3.53. The number of ketones is 1. The fourth-order valence-electron chi connectivity index (χ4n) is 7.30. The van der Waals surface area contributed by atoms with Gasteiger partial charge in [-0.05, 0) is 74.0 Å². The highest BCUT2D eigenvalue weighted by Crippen LogP contribution is 2.67. The van der Waals surface area contributed by atoms with Crippen LogP contribution in [0.2, 0.25) is 0 Å². The van der Waals surface area contributed by atoms with E-state index >= 15 is 0 Å². The van der Waals surface area contributed by atoms with Gasteiger partial charge in [-0.25, -0.2) is 0 Å². The van der Waals surface area contributed by atoms with Crippen LogP contribution < -0.4 is 5.73 Å². The highest BCUT2D eigenvalue weighted by molar-refractivity contribution is 6.14. The molecule has 1 unspecified atom stereocenters. The van der Waals surface area contributed by atoms with Gasteiger partial charge in [0.25, 0.3) is 5.91 Å². The van der Waals surface area contributed by atoms with Gasteiger partial charge in [0.1, 0.15) is 22.8 Å². The minimum atomic E-state index is -2.41. The molecule has 1 saturated carbocycles. The largest absolute Gasteiger partial charge is 0.510 e. The standard InChI is InChI=1S/C30H32N2O8/c1-32(2)24-19-13-16-12-18-17(15-7-3-5-14(11-15)6-4-10-33)8-9-20(34)22(18)25(35)21(16)27(37)29(19)30(39,40-29)23(26(24)36)28(31)38/h3,5,7-9,11,16,19,24,33-36,39H,4,6,10,12-13H2,1-2H3,(H2,31,38)/t16-,19-,24-,29-,30?/m0/s1.